The summed E-state index contributed by atoms with van der Waals surface area (Å²) in [6.45, 7) is 1.92. The van der Waals surface area contributed by atoms with Crippen LogP contribution in [0, 0.1) is 6.92 Å². The molecule has 0 aliphatic rings. The number of aromatic nitrogens is 3. The fourth-order valence-electron chi connectivity index (χ4n) is 2.50. The molecule has 1 N–H and O–H groups in total. The maximum atomic E-state index is 12.4. The number of halogens is 1. The van der Waals surface area contributed by atoms with Crippen molar-refractivity contribution in [2.75, 3.05) is 5.32 Å². The highest BCUT2D eigenvalue weighted by Crippen LogP contribution is 2.20. The molecular formula is C17H15BrN4O3. The number of benzene rings is 1. The largest absolute Gasteiger partial charge is 0.332 e. The molecule has 0 saturated heterocycles. The molecule has 0 bridgehead atoms. The highest BCUT2D eigenvalue weighted by atomic mass is 79.9. The van der Waals surface area contributed by atoms with E-state index in [1.165, 1.54) is 30.8 Å². The number of carbonyl (C=O) groups is 1. The number of aryl methyl sites for hydroxylation is 2. The van der Waals surface area contributed by atoms with Gasteiger partial charge < -0.3 is 5.32 Å². The average Bonchev–Trinajstić information content (AvgIpc) is 2.60. The van der Waals surface area contributed by atoms with E-state index in [4.69, 9.17) is 0 Å². The Morgan fingerprint density at radius 2 is 1.84 bits per heavy atom. The SMILES string of the molecule is Cc1cc(NC(=O)c2ccc3c(=O)n(C)c(=O)n(C)c3n2)ccc1Br. The van der Waals surface area contributed by atoms with E-state index < -0.39 is 17.2 Å². The topological polar surface area (TPSA) is 86.0 Å². The van der Waals surface area contributed by atoms with Crippen LogP contribution in [0.25, 0.3) is 11.0 Å². The van der Waals surface area contributed by atoms with Crippen LogP contribution >= 0.6 is 15.9 Å². The van der Waals surface area contributed by atoms with Crippen LogP contribution in [0.1, 0.15) is 16.1 Å². The number of nitrogens with zero attached hydrogens (tertiary/aromatic N) is 3. The Labute approximate surface area is 151 Å². The molecule has 0 atom stereocenters. The van der Waals surface area contributed by atoms with E-state index >= 15 is 0 Å². The number of rotatable bonds is 2. The van der Waals surface area contributed by atoms with E-state index in [1.54, 1.807) is 6.07 Å². The maximum Gasteiger partial charge on any atom is 0.332 e. The van der Waals surface area contributed by atoms with Crippen molar-refractivity contribution >= 4 is 38.6 Å². The Bertz CT molecular complexity index is 1130. The summed E-state index contributed by atoms with van der Waals surface area (Å²) in [5.41, 5.74) is 0.969. The molecule has 128 valence electrons. The second-order valence-electron chi connectivity index (χ2n) is 5.69. The molecule has 7 nitrogen and oxygen atoms in total. The van der Waals surface area contributed by atoms with Gasteiger partial charge in [-0.2, -0.15) is 0 Å². The van der Waals surface area contributed by atoms with Crippen molar-refractivity contribution in [3.8, 4) is 0 Å². The molecule has 0 aliphatic carbocycles. The van der Waals surface area contributed by atoms with Crippen LogP contribution < -0.4 is 16.6 Å². The molecule has 0 saturated carbocycles. The van der Waals surface area contributed by atoms with E-state index in [9.17, 15) is 14.4 Å². The second kappa shape index (κ2) is 6.29. The first-order valence-corrected chi connectivity index (χ1v) is 8.23. The molecule has 0 spiro atoms. The molecule has 0 fully saturated rings. The van der Waals surface area contributed by atoms with Gasteiger partial charge in [0.2, 0.25) is 0 Å². The number of hydrogen-bond acceptors (Lipinski definition) is 4. The fraction of sp³-hybridized carbons (Fsp3) is 0.176. The van der Waals surface area contributed by atoms with Gasteiger partial charge >= 0.3 is 5.69 Å². The zero-order valence-electron chi connectivity index (χ0n) is 13.8. The third kappa shape index (κ3) is 3.00. The molecule has 1 amide bonds. The van der Waals surface area contributed by atoms with Gasteiger partial charge in [0.25, 0.3) is 11.5 Å². The van der Waals surface area contributed by atoms with Crippen molar-refractivity contribution in [2.24, 2.45) is 14.1 Å². The molecule has 0 unspecified atom stereocenters. The number of carbonyl (C=O) groups excluding carboxylic acids is 1. The lowest BCUT2D eigenvalue weighted by molar-refractivity contribution is 0.102. The minimum absolute atomic E-state index is 0.122. The molecule has 0 aliphatic heterocycles. The molecule has 1 aromatic carbocycles. The lowest BCUT2D eigenvalue weighted by Gasteiger charge is -2.09. The molecule has 2 heterocycles. The smallest absolute Gasteiger partial charge is 0.321 e. The number of amides is 1. The average molecular weight is 403 g/mol. The number of anilines is 1. The fourth-order valence-corrected chi connectivity index (χ4v) is 2.74. The first-order chi connectivity index (χ1) is 11.8. The highest BCUT2D eigenvalue weighted by Gasteiger charge is 2.14. The molecule has 0 radical (unpaired) electrons. The predicted octanol–water partition coefficient (Wildman–Crippen LogP) is 1.96. The summed E-state index contributed by atoms with van der Waals surface area (Å²) in [6, 6.07) is 8.41. The standard InChI is InChI=1S/C17H15BrN4O3/c1-9-8-10(4-6-12(9)18)19-15(23)13-7-5-11-14(20-13)21(2)17(25)22(3)16(11)24/h4-8H,1-3H3,(H,19,23). The van der Waals surface area contributed by atoms with Gasteiger partial charge in [0.15, 0.2) is 0 Å². The Morgan fingerprint density at radius 1 is 1.12 bits per heavy atom. The van der Waals surface area contributed by atoms with Gasteiger partial charge in [-0.15, -0.1) is 0 Å². The number of nitrogens with one attached hydrogen (secondary N) is 1. The molecular weight excluding hydrogens is 388 g/mol. The van der Waals surface area contributed by atoms with Crippen LogP contribution in [0.2, 0.25) is 0 Å². The van der Waals surface area contributed by atoms with Gasteiger partial charge in [-0.25, -0.2) is 9.78 Å². The zero-order valence-corrected chi connectivity index (χ0v) is 15.4. The Hall–Kier alpha value is -2.74. The summed E-state index contributed by atoms with van der Waals surface area (Å²) in [5, 5.41) is 3.04. The third-order valence-corrected chi connectivity index (χ3v) is 4.84. The van der Waals surface area contributed by atoms with Crippen molar-refractivity contribution < 1.29 is 4.79 Å². The Kier molecular flexibility index (Phi) is 4.30. The molecule has 25 heavy (non-hydrogen) atoms. The van der Waals surface area contributed by atoms with Crippen molar-refractivity contribution in [1.29, 1.82) is 0 Å². The van der Waals surface area contributed by atoms with E-state index in [2.05, 4.69) is 26.2 Å². The Balaban J connectivity index is 2.04. The number of fused-ring (bicyclic) bond motifs is 1. The van der Waals surface area contributed by atoms with Gasteiger partial charge in [-0.3, -0.25) is 18.7 Å². The minimum atomic E-state index is -0.494. The van der Waals surface area contributed by atoms with E-state index in [0.29, 0.717) is 5.69 Å². The number of hydrogen-bond donors (Lipinski definition) is 1. The highest BCUT2D eigenvalue weighted by molar-refractivity contribution is 9.10. The summed E-state index contributed by atoms with van der Waals surface area (Å²) in [5.74, 6) is -0.420. The normalized spacial score (nSPS) is 10.9. The van der Waals surface area contributed by atoms with Crippen molar-refractivity contribution in [3.05, 3.63) is 66.9 Å². The molecule has 3 rings (SSSR count). The van der Waals surface area contributed by atoms with Crippen molar-refractivity contribution in [1.82, 2.24) is 14.1 Å². The lowest BCUT2D eigenvalue weighted by atomic mass is 10.2. The molecule has 2 aromatic heterocycles. The van der Waals surface area contributed by atoms with E-state index in [0.717, 1.165) is 14.6 Å². The van der Waals surface area contributed by atoms with Crippen molar-refractivity contribution in [3.63, 3.8) is 0 Å². The van der Waals surface area contributed by atoms with Crippen LogP contribution in [-0.4, -0.2) is 20.0 Å². The summed E-state index contributed by atoms with van der Waals surface area (Å²) in [4.78, 5) is 40.8. The van der Waals surface area contributed by atoms with E-state index in [-0.39, 0.29) is 16.7 Å². The molecule has 8 heteroatoms. The summed E-state index contributed by atoms with van der Waals surface area (Å²) >= 11 is 3.41. The first kappa shape index (κ1) is 17.1. The van der Waals surface area contributed by atoms with Crippen LogP contribution in [0.5, 0.6) is 0 Å². The van der Waals surface area contributed by atoms with Gasteiger partial charge in [0.05, 0.1) is 5.39 Å². The summed E-state index contributed by atoms with van der Waals surface area (Å²) < 4.78 is 3.20. The van der Waals surface area contributed by atoms with Gasteiger partial charge in [-0.05, 0) is 42.8 Å². The van der Waals surface area contributed by atoms with Crippen LogP contribution in [0.15, 0.2) is 44.4 Å². The van der Waals surface area contributed by atoms with E-state index in [1.807, 2.05) is 19.1 Å². The van der Waals surface area contributed by atoms with Gasteiger partial charge in [-0.1, -0.05) is 15.9 Å². The summed E-state index contributed by atoms with van der Waals surface area (Å²) in [7, 11) is 2.91. The second-order valence-corrected chi connectivity index (χ2v) is 6.55. The molecule has 3 aromatic rings. The van der Waals surface area contributed by atoms with Crippen molar-refractivity contribution in [2.45, 2.75) is 6.92 Å². The van der Waals surface area contributed by atoms with Gasteiger partial charge in [0, 0.05) is 24.3 Å². The first-order valence-electron chi connectivity index (χ1n) is 7.44. The lowest BCUT2D eigenvalue weighted by Crippen LogP contribution is -2.37. The van der Waals surface area contributed by atoms with Crippen LogP contribution in [-0.2, 0) is 14.1 Å². The maximum absolute atomic E-state index is 12.4. The monoisotopic (exact) mass is 402 g/mol. The van der Waals surface area contributed by atoms with Gasteiger partial charge in [0.1, 0.15) is 11.3 Å². The Morgan fingerprint density at radius 3 is 2.52 bits per heavy atom. The minimum Gasteiger partial charge on any atom is -0.321 e. The summed E-state index contributed by atoms with van der Waals surface area (Å²) in [6.07, 6.45) is 0. The zero-order chi connectivity index (χ0) is 18.3. The quantitative estimate of drug-likeness (QED) is 0.709. The number of pyridine rings is 1. The van der Waals surface area contributed by atoms with Crippen LogP contribution in [0.4, 0.5) is 5.69 Å². The van der Waals surface area contributed by atoms with Crippen LogP contribution in [0.3, 0.4) is 0 Å². The third-order valence-electron chi connectivity index (χ3n) is 3.95. The predicted molar refractivity (Wildman–Crippen MR) is 99.1 cm³/mol.